The largest absolute Gasteiger partial charge is 0.0654 e. The van der Waals surface area contributed by atoms with Gasteiger partial charge in [-0.1, -0.05) is 76.6 Å². The Labute approximate surface area is 149 Å². The quantitative estimate of drug-likeness (QED) is 0.393. The number of unbranched alkanes of at least 4 members (excludes halogenated alkanes) is 6. The van der Waals surface area contributed by atoms with E-state index >= 15 is 0 Å². The summed E-state index contributed by atoms with van der Waals surface area (Å²) in [6.07, 6.45) is 13.2. The molecule has 0 unspecified atom stereocenters. The van der Waals surface area contributed by atoms with Gasteiger partial charge in [0.2, 0.25) is 0 Å². The van der Waals surface area contributed by atoms with Crippen molar-refractivity contribution in [2.24, 2.45) is 0 Å². The standard InChI is InChI=1S/C24H36/c1-5-7-9-11-13-21-17-18-22(14-12-10-8-6-2)24-20(4)16-15-19(3)23(21)24/h15-18H,5-14H2,1-4H3. The number of fused-ring (bicyclic) bond motifs is 1. The van der Waals surface area contributed by atoms with Crippen LogP contribution in [-0.2, 0) is 12.8 Å². The van der Waals surface area contributed by atoms with Gasteiger partial charge in [-0.05, 0) is 72.6 Å². The van der Waals surface area contributed by atoms with E-state index < -0.39 is 0 Å². The molecular formula is C24H36. The molecule has 0 aliphatic heterocycles. The van der Waals surface area contributed by atoms with Crippen molar-refractivity contribution in [2.75, 3.05) is 0 Å². The molecule has 0 nitrogen and oxygen atoms in total. The van der Waals surface area contributed by atoms with Gasteiger partial charge in [-0.2, -0.15) is 0 Å². The molecule has 0 atom stereocenters. The molecule has 0 N–H and O–H groups in total. The highest BCUT2D eigenvalue weighted by molar-refractivity contribution is 5.94. The summed E-state index contributed by atoms with van der Waals surface area (Å²) in [7, 11) is 0. The van der Waals surface area contributed by atoms with Gasteiger partial charge in [0.15, 0.2) is 0 Å². The lowest BCUT2D eigenvalue weighted by atomic mass is 9.89. The predicted octanol–water partition coefficient (Wildman–Crippen LogP) is 7.70. The molecule has 0 saturated heterocycles. The smallest absolute Gasteiger partial charge is 0.0117 e. The SMILES string of the molecule is CCCCCCc1ccc(CCCCCC)c2c(C)ccc(C)c12. The minimum atomic E-state index is 1.23. The lowest BCUT2D eigenvalue weighted by molar-refractivity contribution is 0.665. The molecule has 0 aliphatic carbocycles. The third-order valence-corrected chi connectivity index (χ3v) is 5.35. The summed E-state index contributed by atoms with van der Waals surface area (Å²) in [6.45, 7) is 9.16. The van der Waals surface area contributed by atoms with Crippen molar-refractivity contribution >= 4 is 10.8 Å². The maximum Gasteiger partial charge on any atom is -0.0117 e. The Morgan fingerprint density at radius 3 is 1.33 bits per heavy atom. The Bertz CT molecular complexity index is 580. The topological polar surface area (TPSA) is 0 Å². The minimum absolute atomic E-state index is 1.23. The van der Waals surface area contributed by atoms with Crippen LogP contribution in [0.1, 0.15) is 87.5 Å². The number of benzene rings is 2. The molecule has 0 amide bonds. The maximum atomic E-state index is 2.43. The third-order valence-electron chi connectivity index (χ3n) is 5.35. The van der Waals surface area contributed by atoms with Crippen LogP contribution < -0.4 is 0 Å². The molecule has 0 heteroatoms. The fraction of sp³-hybridized carbons (Fsp3) is 0.583. The second-order valence-electron chi connectivity index (χ2n) is 7.45. The molecule has 0 fully saturated rings. The van der Waals surface area contributed by atoms with Crippen molar-refractivity contribution < 1.29 is 0 Å². The van der Waals surface area contributed by atoms with Crippen LogP contribution in [0.5, 0.6) is 0 Å². The van der Waals surface area contributed by atoms with Crippen LogP contribution in [0, 0.1) is 13.8 Å². The maximum absolute atomic E-state index is 2.43. The van der Waals surface area contributed by atoms with Crippen molar-refractivity contribution in [2.45, 2.75) is 91.9 Å². The predicted molar refractivity (Wildman–Crippen MR) is 109 cm³/mol. The summed E-state index contributed by atoms with van der Waals surface area (Å²) >= 11 is 0. The molecule has 0 radical (unpaired) electrons. The highest BCUT2D eigenvalue weighted by atomic mass is 14.2. The molecule has 0 bridgehead atoms. The second-order valence-corrected chi connectivity index (χ2v) is 7.45. The summed E-state index contributed by atoms with van der Waals surface area (Å²) < 4.78 is 0. The third kappa shape index (κ3) is 4.85. The number of aryl methyl sites for hydroxylation is 4. The van der Waals surface area contributed by atoms with Crippen molar-refractivity contribution in [3.05, 3.63) is 46.5 Å². The van der Waals surface area contributed by atoms with Gasteiger partial charge in [0.25, 0.3) is 0 Å². The fourth-order valence-electron chi connectivity index (χ4n) is 3.91. The van der Waals surface area contributed by atoms with Gasteiger partial charge in [0, 0.05) is 0 Å². The van der Waals surface area contributed by atoms with Gasteiger partial charge in [0.1, 0.15) is 0 Å². The van der Waals surface area contributed by atoms with E-state index in [4.69, 9.17) is 0 Å². The zero-order valence-corrected chi connectivity index (χ0v) is 16.4. The molecule has 132 valence electrons. The zero-order valence-electron chi connectivity index (χ0n) is 16.4. The molecule has 0 heterocycles. The Morgan fingerprint density at radius 2 is 0.958 bits per heavy atom. The lowest BCUT2D eigenvalue weighted by Crippen LogP contribution is -1.97. The van der Waals surface area contributed by atoms with E-state index in [1.54, 1.807) is 21.9 Å². The first-order valence-corrected chi connectivity index (χ1v) is 10.2. The number of hydrogen-bond donors (Lipinski definition) is 0. The van der Waals surface area contributed by atoms with E-state index in [-0.39, 0.29) is 0 Å². The number of hydrogen-bond acceptors (Lipinski definition) is 0. The monoisotopic (exact) mass is 324 g/mol. The van der Waals surface area contributed by atoms with Crippen LogP contribution in [0.4, 0.5) is 0 Å². The van der Waals surface area contributed by atoms with Crippen LogP contribution in [0.3, 0.4) is 0 Å². The van der Waals surface area contributed by atoms with E-state index in [2.05, 4.69) is 52.0 Å². The van der Waals surface area contributed by atoms with Gasteiger partial charge in [-0.15, -0.1) is 0 Å². The van der Waals surface area contributed by atoms with Crippen LogP contribution in [-0.4, -0.2) is 0 Å². The number of rotatable bonds is 10. The van der Waals surface area contributed by atoms with Crippen LogP contribution in [0.2, 0.25) is 0 Å². The summed E-state index contributed by atoms with van der Waals surface area (Å²) in [5.41, 5.74) is 6.05. The Hall–Kier alpha value is -1.30. The highest BCUT2D eigenvalue weighted by Crippen LogP contribution is 2.31. The summed E-state index contributed by atoms with van der Waals surface area (Å²) in [6, 6.07) is 9.48. The van der Waals surface area contributed by atoms with Crippen molar-refractivity contribution in [3.8, 4) is 0 Å². The fourth-order valence-corrected chi connectivity index (χ4v) is 3.91. The van der Waals surface area contributed by atoms with E-state index in [0.29, 0.717) is 0 Å². The van der Waals surface area contributed by atoms with E-state index in [1.807, 2.05) is 0 Å². The van der Waals surface area contributed by atoms with Gasteiger partial charge >= 0.3 is 0 Å². The van der Waals surface area contributed by atoms with Gasteiger partial charge in [-0.3, -0.25) is 0 Å². The van der Waals surface area contributed by atoms with Crippen molar-refractivity contribution in [3.63, 3.8) is 0 Å². The van der Waals surface area contributed by atoms with Gasteiger partial charge < -0.3 is 0 Å². The first kappa shape index (κ1) is 19.0. The van der Waals surface area contributed by atoms with Crippen LogP contribution in [0.15, 0.2) is 24.3 Å². The van der Waals surface area contributed by atoms with Gasteiger partial charge in [-0.25, -0.2) is 0 Å². The molecule has 0 aliphatic rings. The average molecular weight is 325 g/mol. The Morgan fingerprint density at radius 1 is 0.542 bits per heavy atom. The lowest BCUT2D eigenvalue weighted by Gasteiger charge is -2.16. The van der Waals surface area contributed by atoms with E-state index in [1.165, 1.54) is 75.3 Å². The molecule has 24 heavy (non-hydrogen) atoms. The molecule has 0 saturated carbocycles. The second kappa shape index (κ2) is 9.87. The molecule has 2 aromatic carbocycles. The van der Waals surface area contributed by atoms with Crippen molar-refractivity contribution in [1.82, 2.24) is 0 Å². The molecule has 2 rings (SSSR count). The summed E-state index contributed by atoms with van der Waals surface area (Å²) in [4.78, 5) is 0. The summed E-state index contributed by atoms with van der Waals surface area (Å²) in [5.74, 6) is 0. The molecule has 0 spiro atoms. The first-order chi connectivity index (χ1) is 11.7. The normalized spacial score (nSPS) is 11.3. The van der Waals surface area contributed by atoms with Gasteiger partial charge in [0.05, 0.1) is 0 Å². The first-order valence-electron chi connectivity index (χ1n) is 10.2. The highest BCUT2D eigenvalue weighted by Gasteiger charge is 2.10. The molecule has 0 aromatic heterocycles. The summed E-state index contributed by atoms with van der Waals surface area (Å²) in [5, 5.41) is 3.11. The Kier molecular flexibility index (Phi) is 7.82. The average Bonchev–Trinajstić information content (AvgIpc) is 2.59. The van der Waals surface area contributed by atoms with Crippen LogP contribution in [0.25, 0.3) is 10.8 Å². The molecule has 2 aromatic rings. The minimum Gasteiger partial charge on any atom is -0.0654 e. The van der Waals surface area contributed by atoms with E-state index in [0.717, 1.165) is 0 Å². The van der Waals surface area contributed by atoms with E-state index in [9.17, 15) is 0 Å². The molecular weight excluding hydrogens is 288 g/mol. The van der Waals surface area contributed by atoms with Crippen molar-refractivity contribution in [1.29, 1.82) is 0 Å². The van der Waals surface area contributed by atoms with Crippen LogP contribution >= 0.6 is 0 Å². The Balaban J connectivity index is 2.28. The zero-order chi connectivity index (χ0) is 17.4.